The van der Waals surface area contributed by atoms with E-state index < -0.39 is 6.10 Å². The highest BCUT2D eigenvalue weighted by molar-refractivity contribution is 5.69. The Labute approximate surface area is 264 Å². The van der Waals surface area contributed by atoms with Gasteiger partial charge in [0.05, 0.1) is 106 Å². The lowest BCUT2D eigenvalue weighted by Crippen LogP contribution is -2.24. The van der Waals surface area contributed by atoms with Crippen LogP contribution in [0.4, 0.5) is 0 Å². The highest BCUT2D eigenvalue weighted by Crippen LogP contribution is 2.01. The van der Waals surface area contributed by atoms with Gasteiger partial charge in [0.1, 0.15) is 19.3 Å². The summed E-state index contributed by atoms with van der Waals surface area (Å²) in [5.74, 6) is -0.346. The summed E-state index contributed by atoms with van der Waals surface area (Å²) in [6.45, 7) is 10.7. The zero-order chi connectivity index (χ0) is 32.2. The number of hydrogen-bond donors (Lipinski definition) is 1. The van der Waals surface area contributed by atoms with Gasteiger partial charge < -0.3 is 52.5 Å². The Morgan fingerprint density at radius 3 is 1.00 bits per heavy atom. The van der Waals surface area contributed by atoms with Gasteiger partial charge in [-0.05, 0) is 12.8 Å². The minimum atomic E-state index is -0.726. The molecule has 0 bridgehead atoms. The molecule has 0 atom stereocenters. The van der Waals surface area contributed by atoms with Crippen molar-refractivity contribution in [3.63, 3.8) is 0 Å². The molecular weight excluding hydrogens is 580 g/mol. The number of aliphatic hydroxyl groups is 1. The molecule has 1 N–H and O–H groups in total. The van der Waals surface area contributed by atoms with Crippen molar-refractivity contribution in [3.05, 3.63) is 0 Å². The van der Waals surface area contributed by atoms with Crippen molar-refractivity contribution in [1.29, 1.82) is 0 Å². The fraction of sp³-hybridized carbons (Fsp3) is 0.935. The van der Waals surface area contributed by atoms with Gasteiger partial charge in [-0.25, -0.2) is 0 Å². The molecule has 0 fully saturated rings. The van der Waals surface area contributed by atoms with Crippen LogP contribution in [0.3, 0.4) is 0 Å². The molecule has 0 aliphatic carbocycles. The second kappa shape index (κ2) is 36.1. The van der Waals surface area contributed by atoms with Gasteiger partial charge in [0.25, 0.3) is 0 Å². The summed E-state index contributed by atoms with van der Waals surface area (Å²) in [6.07, 6.45) is 6.17. The summed E-state index contributed by atoms with van der Waals surface area (Å²) < 4.78 is 53.3. The molecule has 0 saturated heterocycles. The zero-order valence-electron chi connectivity index (χ0n) is 27.3. The highest BCUT2D eigenvalue weighted by atomic mass is 16.6. The number of rotatable bonds is 36. The van der Waals surface area contributed by atoms with Gasteiger partial charge in [-0.15, -0.1) is 0 Å². The lowest BCUT2D eigenvalue weighted by molar-refractivity contribution is -0.146. The standard InChI is InChI=1S/C31H60O13/c1-3-5-7-9-30(33)43-25-23-39-17-15-35-11-13-37-19-21-41-27-29(32)28-42-22-20-38-14-12-36-16-18-40-24-26-44-31(34)10-8-6-4-2/h29,32H,3-28H2,1-2H3. The predicted octanol–water partition coefficient (Wildman–Crippen LogP) is 2.73. The van der Waals surface area contributed by atoms with Crippen molar-refractivity contribution in [1.82, 2.24) is 0 Å². The molecule has 0 aliphatic rings. The topological polar surface area (TPSA) is 147 Å². The maximum Gasteiger partial charge on any atom is 0.305 e. The Morgan fingerprint density at radius 2 is 0.705 bits per heavy atom. The number of ether oxygens (including phenoxy) is 10. The van der Waals surface area contributed by atoms with Crippen molar-refractivity contribution in [2.45, 2.75) is 71.3 Å². The van der Waals surface area contributed by atoms with Gasteiger partial charge in [-0.1, -0.05) is 39.5 Å². The fourth-order valence-corrected chi connectivity index (χ4v) is 3.42. The van der Waals surface area contributed by atoms with Crippen LogP contribution in [0.2, 0.25) is 0 Å². The molecule has 0 unspecified atom stereocenters. The molecule has 0 radical (unpaired) electrons. The highest BCUT2D eigenvalue weighted by Gasteiger charge is 2.05. The normalized spacial score (nSPS) is 11.4. The lowest BCUT2D eigenvalue weighted by Gasteiger charge is -2.12. The van der Waals surface area contributed by atoms with Crippen molar-refractivity contribution in [2.24, 2.45) is 0 Å². The number of hydrogen-bond acceptors (Lipinski definition) is 13. The number of esters is 2. The molecule has 0 rings (SSSR count). The van der Waals surface area contributed by atoms with Crippen LogP contribution in [0.15, 0.2) is 0 Å². The van der Waals surface area contributed by atoms with E-state index in [4.69, 9.17) is 47.4 Å². The third kappa shape index (κ3) is 35.1. The average molecular weight is 641 g/mol. The van der Waals surface area contributed by atoms with Crippen LogP contribution in [-0.2, 0) is 57.0 Å². The van der Waals surface area contributed by atoms with E-state index in [1.165, 1.54) is 0 Å². The van der Waals surface area contributed by atoms with Crippen LogP contribution < -0.4 is 0 Å². The van der Waals surface area contributed by atoms with Gasteiger partial charge in [0.2, 0.25) is 0 Å². The predicted molar refractivity (Wildman–Crippen MR) is 163 cm³/mol. The second-order valence-corrected chi connectivity index (χ2v) is 9.83. The second-order valence-electron chi connectivity index (χ2n) is 9.83. The molecule has 0 aliphatic heterocycles. The SMILES string of the molecule is CCCCCC(=O)OCCOCCOCCOCCOCC(O)COCCOCCOCCOCCOC(=O)CCCCC. The monoisotopic (exact) mass is 640 g/mol. The summed E-state index contributed by atoms with van der Waals surface area (Å²) in [7, 11) is 0. The molecular formula is C31H60O13. The van der Waals surface area contributed by atoms with E-state index >= 15 is 0 Å². The van der Waals surface area contributed by atoms with Crippen molar-refractivity contribution in [3.8, 4) is 0 Å². The fourth-order valence-electron chi connectivity index (χ4n) is 3.42. The molecule has 0 spiro atoms. The number of aliphatic hydroxyl groups excluding tert-OH is 1. The molecule has 0 heterocycles. The third-order valence-corrected chi connectivity index (χ3v) is 5.80. The molecule has 262 valence electrons. The summed E-state index contributed by atoms with van der Waals surface area (Å²) in [5.41, 5.74) is 0. The van der Waals surface area contributed by atoms with Crippen molar-refractivity contribution >= 4 is 11.9 Å². The Kier molecular flexibility index (Phi) is 34.9. The Morgan fingerprint density at radius 1 is 0.432 bits per heavy atom. The molecule has 0 aromatic carbocycles. The van der Waals surface area contributed by atoms with E-state index in [-0.39, 0.29) is 38.4 Å². The van der Waals surface area contributed by atoms with Crippen LogP contribution in [0.25, 0.3) is 0 Å². The summed E-state index contributed by atoms with van der Waals surface area (Å²) in [6, 6.07) is 0. The maximum atomic E-state index is 11.4. The van der Waals surface area contributed by atoms with Gasteiger partial charge >= 0.3 is 11.9 Å². The van der Waals surface area contributed by atoms with E-state index in [2.05, 4.69) is 13.8 Å². The van der Waals surface area contributed by atoms with E-state index in [1.807, 2.05) is 0 Å². The molecule has 13 nitrogen and oxygen atoms in total. The molecule has 0 aromatic rings. The van der Waals surface area contributed by atoms with Crippen LogP contribution in [0.5, 0.6) is 0 Å². The van der Waals surface area contributed by atoms with E-state index in [1.54, 1.807) is 0 Å². The average Bonchev–Trinajstić information content (AvgIpc) is 3.01. The van der Waals surface area contributed by atoms with Gasteiger partial charge in [0, 0.05) is 12.8 Å². The molecule has 44 heavy (non-hydrogen) atoms. The number of unbranched alkanes of at least 4 members (excludes halogenated alkanes) is 4. The van der Waals surface area contributed by atoms with Gasteiger partial charge in [-0.2, -0.15) is 0 Å². The first-order chi connectivity index (χ1) is 21.6. The van der Waals surface area contributed by atoms with Crippen LogP contribution in [-0.4, -0.2) is 142 Å². The number of carbonyl (C=O) groups is 2. The van der Waals surface area contributed by atoms with E-state index in [0.29, 0.717) is 105 Å². The summed E-state index contributed by atoms with van der Waals surface area (Å²) in [5, 5.41) is 9.90. The van der Waals surface area contributed by atoms with Crippen molar-refractivity contribution < 1.29 is 62.1 Å². The first-order valence-corrected chi connectivity index (χ1v) is 16.2. The Bertz CT molecular complexity index is 559. The van der Waals surface area contributed by atoms with Crippen LogP contribution in [0, 0.1) is 0 Å². The largest absolute Gasteiger partial charge is 0.463 e. The molecule has 0 aromatic heterocycles. The lowest BCUT2D eigenvalue weighted by atomic mass is 10.2. The Balaban J connectivity index is 3.22. The summed E-state index contributed by atoms with van der Waals surface area (Å²) >= 11 is 0. The zero-order valence-corrected chi connectivity index (χ0v) is 27.3. The van der Waals surface area contributed by atoms with E-state index in [9.17, 15) is 14.7 Å². The first-order valence-electron chi connectivity index (χ1n) is 16.2. The molecule has 13 heteroatoms. The minimum Gasteiger partial charge on any atom is -0.463 e. The first kappa shape index (κ1) is 42.6. The summed E-state index contributed by atoms with van der Waals surface area (Å²) in [4.78, 5) is 22.9. The maximum absolute atomic E-state index is 11.4. The quantitative estimate of drug-likeness (QED) is 0.0792. The molecule has 0 amide bonds. The number of carbonyl (C=O) groups excluding carboxylic acids is 2. The van der Waals surface area contributed by atoms with Gasteiger partial charge in [0.15, 0.2) is 0 Å². The minimum absolute atomic E-state index is 0.156. The van der Waals surface area contributed by atoms with Crippen LogP contribution in [0.1, 0.15) is 65.2 Å². The van der Waals surface area contributed by atoms with Crippen LogP contribution >= 0.6 is 0 Å². The van der Waals surface area contributed by atoms with E-state index in [0.717, 1.165) is 38.5 Å². The smallest absolute Gasteiger partial charge is 0.305 e. The van der Waals surface area contributed by atoms with Gasteiger partial charge in [-0.3, -0.25) is 9.59 Å². The van der Waals surface area contributed by atoms with Crippen molar-refractivity contribution in [2.75, 3.05) is 119 Å². The Hall–Kier alpha value is -1.42. The third-order valence-electron chi connectivity index (χ3n) is 5.80. The molecule has 0 saturated carbocycles.